The molecule has 6 nitrogen and oxygen atoms in total. The van der Waals surface area contributed by atoms with Crippen molar-refractivity contribution in [1.29, 1.82) is 0 Å². The van der Waals surface area contributed by atoms with Crippen LogP contribution in [0.4, 0.5) is 5.69 Å². The number of likely N-dealkylation sites (N-methyl/N-ethyl adjacent to an activating group) is 1. The van der Waals surface area contributed by atoms with Gasteiger partial charge in [-0.3, -0.25) is 4.90 Å². The van der Waals surface area contributed by atoms with Crippen LogP contribution < -0.4 is 19.9 Å². The minimum absolute atomic E-state index is 0.588. The van der Waals surface area contributed by atoms with E-state index in [1.54, 1.807) is 26.4 Å². The number of piperazine rings is 1. The average Bonchev–Trinajstić information content (AvgIpc) is 2.48. The fourth-order valence-electron chi connectivity index (χ4n) is 2.41. The Morgan fingerprint density at radius 2 is 1.71 bits per heavy atom. The van der Waals surface area contributed by atoms with Crippen molar-refractivity contribution in [2.24, 2.45) is 0 Å². The lowest BCUT2D eigenvalue weighted by Gasteiger charge is -2.32. The molecule has 0 atom stereocenters. The zero-order valence-electron chi connectivity index (χ0n) is 13.1. The van der Waals surface area contributed by atoms with Crippen LogP contribution in [-0.4, -0.2) is 70.4 Å². The minimum atomic E-state index is 0.588. The molecule has 1 heterocycles. The molecule has 2 N–H and O–H groups in total. The number of rotatable bonds is 6. The summed E-state index contributed by atoms with van der Waals surface area (Å²) in [5, 5.41) is 0. The lowest BCUT2D eigenvalue weighted by Crippen LogP contribution is -2.45. The van der Waals surface area contributed by atoms with E-state index < -0.39 is 0 Å². The van der Waals surface area contributed by atoms with Gasteiger partial charge in [-0.25, -0.2) is 0 Å². The molecule has 21 heavy (non-hydrogen) atoms. The van der Waals surface area contributed by atoms with Gasteiger partial charge in [0.25, 0.3) is 0 Å². The number of ether oxygens (including phenoxy) is 3. The predicted molar refractivity (Wildman–Crippen MR) is 83.4 cm³/mol. The molecule has 1 saturated heterocycles. The van der Waals surface area contributed by atoms with Gasteiger partial charge in [0.1, 0.15) is 6.61 Å². The first-order valence-electron chi connectivity index (χ1n) is 7.19. The van der Waals surface area contributed by atoms with Gasteiger partial charge in [-0.2, -0.15) is 0 Å². The standard InChI is InChI=1S/C15H25N3O3/c1-17-4-6-18(7-5-17)8-9-21-14-11-12(16)10-13(19-2)15(14)20-3/h10-11H,4-9,16H2,1-3H3. The third-order valence-electron chi connectivity index (χ3n) is 3.73. The van der Waals surface area contributed by atoms with Crippen LogP contribution in [0, 0.1) is 0 Å². The molecule has 0 unspecified atom stereocenters. The summed E-state index contributed by atoms with van der Waals surface area (Å²) in [6.45, 7) is 5.88. The Morgan fingerprint density at radius 1 is 1.05 bits per heavy atom. The van der Waals surface area contributed by atoms with Gasteiger partial charge in [0.2, 0.25) is 5.75 Å². The topological polar surface area (TPSA) is 60.2 Å². The molecule has 0 bridgehead atoms. The third-order valence-corrected chi connectivity index (χ3v) is 3.73. The van der Waals surface area contributed by atoms with Gasteiger partial charge in [0.15, 0.2) is 11.5 Å². The maximum Gasteiger partial charge on any atom is 0.203 e. The molecule has 1 aliphatic rings. The highest BCUT2D eigenvalue weighted by molar-refractivity contribution is 5.60. The second-order valence-electron chi connectivity index (χ2n) is 5.25. The number of nitrogens with two attached hydrogens (primary N) is 1. The Kier molecular flexibility index (Phi) is 5.52. The second kappa shape index (κ2) is 7.38. The van der Waals surface area contributed by atoms with Crippen LogP contribution in [0.2, 0.25) is 0 Å². The summed E-state index contributed by atoms with van der Waals surface area (Å²) >= 11 is 0. The molecule has 118 valence electrons. The fraction of sp³-hybridized carbons (Fsp3) is 0.600. The van der Waals surface area contributed by atoms with E-state index >= 15 is 0 Å². The first-order chi connectivity index (χ1) is 10.1. The Hall–Kier alpha value is -1.66. The molecule has 0 amide bonds. The average molecular weight is 295 g/mol. The molecule has 1 aromatic carbocycles. The van der Waals surface area contributed by atoms with E-state index in [9.17, 15) is 0 Å². The monoisotopic (exact) mass is 295 g/mol. The number of nitrogens with zero attached hydrogens (tertiary/aromatic N) is 2. The third kappa shape index (κ3) is 4.15. The lowest BCUT2D eigenvalue weighted by molar-refractivity contribution is 0.132. The number of nitrogen functional groups attached to an aromatic ring is 1. The Labute approximate surface area is 126 Å². The molecule has 1 aromatic rings. The summed E-state index contributed by atoms with van der Waals surface area (Å²) in [4.78, 5) is 4.74. The molecule has 0 saturated carbocycles. The first kappa shape index (κ1) is 15.7. The van der Waals surface area contributed by atoms with Crippen molar-refractivity contribution in [2.45, 2.75) is 0 Å². The van der Waals surface area contributed by atoms with Crippen LogP contribution in [0.15, 0.2) is 12.1 Å². The number of hydrogen-bond donors (Lipinski definition) is 1. The normalized spacial score (nSPS) is 16.7. The zero-order valence-corrected chi connectivity index (χ0v) is 13.1. The van der Waals surface area contributed by atoms with Crippen molar-refractivity contribution in [2.75, 3.05) is 66.3 Å². The molecule has 0 radical (unpaired) electrons. The summed E-state index contributed by atoms with van der Waals surface area (Å²) in [5.74, 6) is 1.81. The van der Waals surface area contributed by atoms with Gasteiger partial charge in [-0.15, -0.1) is 0 Å². The lowest BCUT2D eigenvalue weighted by atomic mass is 10.2. The van der Waals surface area contributed by atoms with Crippen molar-refractivity contribution in [3.63, 3.8) is 0 Å². The molecule has 0 spiro atoms. The van der Waals surface area contributed by atoms with Gasteiger partial charge in [0.05, 0.1) is 14.2 Å². The number of anilines is 1. The number of hydrogen-bond acceptors (Lipinski definition) is 6. The molecule has 2 rings (SSSR count). The van der Waals surface area contributed by atoms with E-state index in [-0.39, 0.29) is 0 Å². The highest BCUT2D eigenvalue weighted by Crippen LogP contribution is 2.39. The van der Waals surface area contributed by atoms with Crippen LogP contribution in [0.3, 0.4) is 0 Å². The van der Waals surface area contributed by atoms with Crippen LogP contribution in [0.1, 0.15) is 0 Å². The Balaban J connectivity index is 1.92. The largest absolute Gasteiger partial charge is 0.493 e. The predicted octanol–water partition coefficient (Wildman–Crippen LogP) is 0.912. The molecule has 1 fully saturated rings. The van der Waals surface area contributed by atoms with Gasteiger partial charge in [-0.1, -0.05) is 0 Å². The van der Waals surface area contributed by atoms with Crippen LogP contribution in [-0.2, 0) is 0 Å². The van der Waals surface area contributed by atoms with Crippen LogP contribution in [0.25, 0.3) is 0 Å². The number of benzene rings is 1. The van der Waals surface area contributed by atoms with E-state index in [0.29, 0.717) is 29.5 Å². The highest BCUT2D eigenvalue weighted by atomic mass is 16.5. The van der Waals surface area contributed by atoms with Crippen molar-refractivity contribution in [3.8, 4) is 17.2 Å². The van der Waals surface area contributed by atoms with E-state index in [0.717, 1.165) is 32.7 Å². The van der Waals surface area contributed by atoms with E-state index in [1.165, 1.54) is 0 Å². The summed E-state index contributed by atoms with van der Waals surface area (Å²) in [7, 11) is 5.34. The number of methoxy groups -OCH3 is 2. The SMILES string of the molecule is COc1cc(N)cc(OCCN2CCN(C)CC2)c1OC. The highest BCUT2D eigenvalue weighted by Gasteiger charge is 2.15. The maximum atomic E-state index is 5.86. The molecular formula is C15H25N3O3. The molecule has 0 aromatic heterocycles. The van der Waals surface area contributed by atoms with Crippen LogP contribution in [0.5, 0.6) is 17.2 Å². The second-order valence-corrected chi connectivity index (χ2v) is 5.25. The first-order valence-corrected chi connectivity index (χ1v) is 7.19. The van der Waals surface area contributed by atoms with Crippen molar-refractivity contribution >= 4 is 5.69 Å². The zero-order chi connectivity index (χ0) is 15.2. The summed E-state index contributed by atoms with van der Waals surface area (Å²) in [6.07, 6.45) is 0. The quantitative estimate of drug-likeness (QED) is 0.787. The molecular weight excluding hydrogens is 270 g/mol. The molecule has 0 aliphatic carbocycles. The van der Waals surface area contributed by atoms with E-state index in [4.69, 9.17) is 19.9 Å². The van der Waals surface area contributed by atoms with Crippen molar-refractivity contribution < 1.29 is 14.2 Å². The Bertz CT molecular complexity index is 460. The van der Waals surface area contributed by atoms with Crippen molar-refractivity contribution in [1.82, 2.24) is 9.80 Å². The smallest absolute Gasteiger partial charge is 0.203 e. The summed E-state index contributed by atoms with van der Waals surface area (Å²) in [5.41, 5.74) is 6.46. The minimum Gasteiger partial charge on any atom is -0.493 e. The maximum absolute atomic E-state index is 5.86. The van der Waals surface area contributed by atoms with Gasteiger partial charge in [0, 0.05) is 50.5 Å². The van der Waals surface area contributed by atoms with Crippen molar-refractivity contribution in [3.05, 3.63) is 12.1 Å². The van der Waals surface area contributed by atoms with Gasteiger partial charge in [-0.05, 0) is 7.05 Å². The van der Waals surface area contributed by atoms with Gasteiger partial charge < -0.3 is 24.8 Å². The molecule has 6 heteroatoms. The van der Waals surface area contributed by atoms with Gasteiger partial charge >= 0.3 is 0 Å². The van der Waals surface area contributed by atoms with Crippen LogP contribution >= 0.6 is 0 Å². The summed E-state index contributed by atoms with van der Waals surface area (Å²) in [6, 6.07) is 3.50. The fourth-order valence-corrected chi connectivity index (χ4v) is 2.41. The van der Waals surface area contributed by atoms with E-state index in [2.05, 4.69) is 16.8 Å². The Morgan fingerprint density at radius 3 is 2.33 bits per heavy atom. The summed E-state index contributed by atoms with van der Waals surface area (Å²) < 4.78 is 16.5. The van der Waals surface area contributed by atoms with E-state index in [1.807, 2.05) is 0 Å². The molecule has 1 aliphatic heterocycles.